The van der Waals surface area contributed by atoms with Gasteiger partial charge in [-0.2, -0.15) is 0 Å². The van der Waals surface area contributed by atoms with Gasteiger partial charge in [0.25, 0.3) is 0 Å². The predicted molar refractivity (Wildman–Crippen MR) is 125 cm³/mol. The van der Waals surface area contributed by atoms with Crippen LogP contribution in [0.5, 0.6) is 0 Å². The van der Waals surface area contributed by atoms with Gasteiger partial charge in [-0.05, 0) is 17.9 Å². The first-order valence-electron chi connectivity index (χ1n) is 10.2. The molecule has 4 rings (SSSR count). The maximum atomic E-state index is 12.7. The van der Waals surface area contributed by atoms with Crippen molar-refractivity contribution in [2.24, 2.45) is 0 Å². The molecule has 0 bridgehead atoms. The summed E-state index contributed by atoms with van der Waals surface area (Å²) >= 11 is 1.45. The number of aromatic nitrogens is 2. The average molecular weight is 413 g/mol. The Morgan fingerprint density at radius 1 is 0.867 bits per heavy atom. The fourth-order valence-corrected chi connectivity index (χ4v) is 4.31. The van der Waals surface area contributed by atoms with Crippen molar-refractivity contribution in [1.82, 2.24) is 10.2 Å². The monoisotopic (exact) mass is 412 g/mol. The molecular weight excluding hydrogens is 388 g/mol. The van der Waals surface area contributed by atoms with Crippen LogP contribution in [0.2, 0.25) is 0 Å². The van der Waals surface area contributed by atoms with Crippen LogP contribution in [0, 0.1) is 0 Å². The van der Waals surface area contributed by atoms with Crippen LogP contribution in [-0.2, 0) is 0 Å². The Labute approximate surface area is 181 Å². The summed E-state index contributed by atoms with van der Waals surface area (Å²) in [6.45, 7) is 4.38. The largest absolute Gasteiger partial charge is 0.293 e. The molecule has 0 spiro atoms. The molecule has 0 saturated heterocycles. The minimum atomic E-state index is 0.105. The maximum Gasteiger partial charge on any atom is 0.173 e. The zero-order valence-electron chi connectivity index (χ0n) is 17.2. The summed E-state index contributed by atoms with van der Waals surface area (Å²) in [6, 6.07) is 26.2. The van der Waals surface area contributed by atoms with Crippen LogP contribution < -0.4 is 0 Å². The van der Waals surface area contributed by atoms with Crippen LogP contribution in [-0.4, -0.2) is 21.7 Å². The van der Waals surface area contributed by atoms with Gasteiger partial charge in [0.05, 0.1) is 5.75 Å². The van der Waals surface area contributed by atoms with Gasteiger partial charge in [-0.15, -0.1) is 10.2 Å². The molecule has 0 aliphatic carbocycles. The normalized spacial score (nSPS) is 12.1. The van der Waals surface area contributed by atoms with Gasteiger partial charge in [-0.25, -0.2) is 0 Å². The molecule has 0 unspecified atom stereocenters. The molecule has 1 atom stereocenters. The number of fused-ring (bicyclic) bond motifs is 1. The summed E-state index contributed by atoms with van der Waals surface area (Å²) in [5.41, 5.74) is 3.92. The van der Waals surface area contributed by atoms with E-state index in [1.54, 1.807) is 0 Å². The Morgan fingerprint density at radius 3 is 2.23 bits per heavy atom. The first kappa shape index (κ1) is 20.3. The highest BCUT2D eigenvalue weighted by Gasteiger charge is 2.14. The van der Waals surface area contributed by atoms with Crippen molar-refractivity contribution in [3.63, 3.8) is 0 Å². The van der Waals surface area contributed by atoms with Crippen LogP contribution in [0.15, 0.2) is 83.9 Å². The quantitative estimate of drug-likeness (QED) is 0.248. The highest BCUT2D eigenvalue weighted by Crippen LogP contribution is 2.32. The molecule has 3 nitrogen and oxygen atoms in total. The molecule has 0 fully saturated rings. The highest BCUT2D eigenvalue weighted by molar-refractivity contribution is 8.00. The summed E-state index contributed by atoms with van der Waals surface area (Å²) < 4.78 is 0. The van der Waals surface area contributed by atoms with Gasteiger partial charge in [-0.3, -0.25) is 4.79 Å². The predicted octanol–water partition coefficient (Wildman–Crippen LogP) is 6.79. The lowest BCUT2D eigenvalue weighted by Crippen LogP contribution is -2.04. The Balaban J connectivity index is 1.55. The third-order valence-electron chi connectivity index (χ3n) is 5.45. The van der Waals surface area contributed by atoms with E-state index in [9.17, 15) is 4.79 Å². The van der Waals surface area contributed by atoms with E-state index in [1.165, 1.54) is 17.3 Å². The second-order valence-electron chi connectivity index (χ2n) is 7.41. The van der Waals surface area contributed by atoms with E-state index < -0.39 is 0 Å². The molecule has 4 heteroatoms. The van der Waals surface area contributed by atoms with E-state index in [-0.39, 0.29) is 5.78 Å². The van der Waals surface area contributed by atoms with Crippen molar-refractivity contribution in [2.75, 3.05) is 5.75 Å². The zero-order valence-corrected chi connectivity index (χ0v) is 18.0. The van der Waals surface area contributed by atoms with Crippen molar-refractivity contribution < 1.29 is 4.79 Å². The van der Waals surface area contributed by atoms with E-state index in [4.69, 9.17) is 0 Å². The number of thioether (sulfide) groups is 1. The zero-order chi connectivity index (χ0) is 20.9. The summed E-state index contributed by atoms with van der Waals surface area (Å²) in [7, 11) is 0. The van der Waals surface area contributed by atoms with Crippen LogP contribution in [0.1, 0.15) is 42.1 Å². The van der Waals surface area contributed by atoms with E-state index in [2.05, 4.69) is 42.2 Å². The number of benzene rings is 3. The molecule has 3 aromatic carbocycles. The van der Waals surface area contributed by atoms with Crippen molar-refractivity contribution >= 4 is 28.3 Å². The Bertz CT molecular complexity index is 1160. The van der Waals surface area contributed by atoms with E-state index in [0.29, 0.717) is 11.7 Å². The van der Waals surface area contributed by atoms with Crippen LogP contribution >= 0.6 is 11.8 Å². The molecule has 0 N–H and O–H groups in total. The van der Waals surface area contributed by atoms with Crippen LogP contribution in [0.4, 0.5) is 0 Å². The first-order valence-corrected chi connectivity index (χ1v) is 11.2. The van der Waals surface area contributed by atoms with Crippen molar-refractivity contribution in [1.29, 1.82) is 0 Å². The Kier molecular flexibility index (Phi) is 6.24. The second kappa shape index (κ2) is 9.23. The molecular formula is C26H24N2OS. The smallest absolute Gasteiger partial charge is 0.173 e. The number of rotatable bonds is 7. The van der Waals surface area contributed by atoms with Crippen LogP contribution in [0.3, 0.4) is 0 Å². The number of hydrogen-bond donors (Lipinski definition) is 0. The average Bonchev–Trinajstić information content (AvgIpc) is 2.82. The molecule has 150 valence electrons. The fraction of sp³-hybridized carbons (Fsp3) is 0.192. The van der Waals surface area contributed by atoms with E-state index >= 15 is 0 Å². The number of Topliss-reactive ketones (excluding diaryl/α,β-unsaturated/α-hetero) is 1. The third-order valence-corrected chi connectivity index (χ3v) is 6.44. The molecule has 1 heterocycles. The molecule has 4 aromatic rings. The molecule has 0 amide bonds. The summed E-state index contributed by atoms with van der Waals surface area (Å²) in [5, 5.41) is 11.8. The Morgan fingerprint density at radius 2 is 1.53 bits per heavy atom. The van der Waals surface area contributed by atoms with Gasteiger partial charge in [-0.1, -0.05) is 104 Å². The molecule has 30 heavy (non-hydrogen) atoms. The molecule has 1 aromatic heterocycles. The van der Waals surface area contributed by atoms with Crippen LogP contribution in [0.25, 0.3) is 22.0 Å². The Hall–Kier alpha value is -2.98. The fourth-order valence-electron chi connectivity index (χ4n) is 3.45. The molecule has 0 aliphatic heterocycles. The highest BCUT2D eigenvalue weighted by atomic mass is 32.2. The molecule has 0 radical (unpaired) electrons. The van der Waals surface area contributed by atoms with Crippen molar-refractivity contribution in [3.8, 4) is 11.3 Å². The molecule has 0 saturated carbocycles. The number of carbonyl (C=O) groups is 1. The third kappa shape index (κ3) is 4.29. The topological polar surface area (TPSA) is 42.9 Å². The lowest BCUT2D eigenvalue weighted by atomic mass is 9.97. The maximum absolute atomic E-state index is 12.7. The van der Waals surface area contributed by atoms with Gasteiger partial charge >= 0.3 is 0 Å². The minimum Gasteiger partial charge on any atom is -0.293 e. The minimum absolute atomic E-state index is 0.105. The number of carbonyl (C=O) groups excluding carboxylic acids is 1. The number of hydrogen-bond acceptors (Lipinski definition) is 4. The lowest BCUT2D eigenvalue weighted by Gasteiger charge is -2.10. The first-order chi connectivity index (χ1) is 14.7. The van der Waals surface area contributed by atoms with Gasteiger partial charge in [0, 0.05) is 21.9 Å². The van der Waals surface area contributed by atoms with Crippen molar-refractivity contribution in [3.05, 3.63) is 90.0 Å². The number of nitrogens with zero attached hydrogens (tertiary/aromatic N) is 2. The van der Waals surface area contributed by atoms with Crippen molar-refractivity contribution in [2.45, 2.75) is 31.2 Å². The van der Waals surface area contributed by atoms with E-state index in [0.717, 1.165) is 39.0 Å². The number of ketones is 1. The van der Waals surface area contributed by atoms with Gasteiger partial charge in [0.2, 0.25) is 0 Å². The van der Waals surface area contributed by atoms with E-state index in [1.807, 2.05) is 60.7 Å². The molecule has 0 aliphatic rings. The SMILES string of the molecule is CC[C@H](C)c1ccc(C(=O)CSc2nnc(-c3ccccc3)c3ccccc23)cc1. The second-order valence-corrected chi connectivity index (χ2v) is 8.37. The lowest BCUT2D eigenvalue weighted by molar-refractivity contribution is 0.102. The summed E-state index contributed by atoms with van der Waals surface area (Å²) in [4.78, 5) is 12.7. The standard InChI is InChI=1S/C26H24N2OS/c1-3-18(2)19-13-15-20(16-14-19)24(29)17-30-26-23-12-8-7-11-22(23)25(27-28-26)21-9-5-4-6-10-21/h4-16,18H,3,17H2,1-2H3/t18-/m0/s1. The summed E-state index contributed by atoms with van der Waals surface area (Å²) in [5.74, 6) is 0.952. The summed E-state index contributed by atoms with van der Waals surface area (Å²) in [6.07, 6.45) is 1.09. The van der Waals surface area contributed by atoms with Gasteiger partial charge in [0.15, 0.2) is 5.78 Å². The van der Waals surface area contributed by atoms with Gasteiger partial charge < -0.3 is 0 Å². The van der Waals surface area contributed by atoms with Gasteiger partial charge in [0.1, 0.15) is 10.7 Å².